The van der Waals surface area contributed by atoms with Gasteiger partial charge in [0.1, 0.15) is 12.9 Å². The molecule has 0 spiro atoms. The van der Waals surface area contributed by atoms with Crippen LogP contribution in [-0.2, 0) is 17.9 Å². The molecular weight excluding hydrogens is 496 g/mol. The number of imide groups is 1. The van der Waals surface area contributed by atoms with Crippen molar-refractivity contribution < 1.29 is 9.59 Å². The van der Waals surface area contributed by atoms with Gasteiger partial charge in [-0.05, 0) is 57.0 Å². The third kappa shape index (κ3) is 4.61. The first-order valence-corrected chi connectivity index (χ1v) is 13.5. The third-order valence-electron chi connectivity index (χ3n) is 7.23. The zero-order valence-electron chi connectivity index (χ0n) is 21.0. The Balaban J connectivity index is 1.53. The molecule has 0 radical (unpaired) electrons. The van der Waals surface area contributed by atoms with Gasteiger partial charge in [-0.15, -0.1) is 11.3 Å². The summed E-state index contributed by atoms with van der Waals surface area (Å²) in [5.41, 5.74) is 4.98. The van der Waals surface area contributed by atoms with E-state index in [1.54, 1.807) is 11.2 Å². The third-order valence-corrected chi connectivity index (χ3v) is 8.57. The lowest BCUT2D eigenvalue weighted by molar-refractivity contribution is -0.125. The summed E-state index contributed by atoms with van der Waals surface area (Å²) in [4.78, 5) is 40.5. The Morgan fingerprint density at radius 3 is 2.56 bits per heavy atom. The van der Waals surface area contributed by atoms with E-state index in [0.717, 1.165) is 51.5 Å². The van der Waals surface area contributed by atoms with Crippen molar-refractivity contribution in [1.29, 1.82) is 0 Å². The van der Waals surface area contributed by atoms with Gasteiger partial charge in [-0.2, -0.15) is 0 Å². The summed E-state index contributed by atoms with van der Waals surface area (Å²) in [6.07, 6.45) is 1.58. The Kier molecular flexibility index (Phi) is 7.00. The number of likely N-dealkylation sites (N-methyl/N-ethyl adjacent to an activating group) is 1. The van der Waals surface area contributed by atoms with Crippen molar-refractivity contribution in [2.24, 2.45) is 0 Å². The lowest BCUT2D eigenvalue weighted by Crippen LogP contribution is -2.54. The molecule has 2 atom stereocenters. The van der Waals surface area contributed by atoms with Crippen LogP contribution >= 0.6 is 22.9 Å². The van der Waals surface area contributed by atoms with Gasteiger partial charge in [-0.25, -0.2) is 14.8 Å². The summed E-state index contributed by atoms with van der Waals surface area (Å²) >= 11 is 8.08. The molecule has 0 bridgehead atoms. The van der Waals surface area contributed by atoms with E-state index in [9.17, 15) is 9.59 Å². The number of urea groups is 1. The smallest absolute Gasteiger partial charge is 0.315 e. The Morgan fingerprint density at radius 1 is 1.11 bits per heavy atom. The van der Waals surface area contributed by atoms with E-state index in [4.69, 9.17) is 16.6 Å². The molecule has 8 nitrogen and oxygen atoms in total. The van der Waals surface area contributed by atoms with Crippen molar-refractivity contribution in [1.82, 2.24) is 30.0 Å². The first-order valence-electron chi connectivity index (χ1n) is 12.3. The summed E-state index contributed by atoms with van der Waals surface area (Å²) < 4.78 is 0.934. The van der Waals surface area contributed by atoms with E-state index in [1.807, 2.05) is 25.1 Å². The zero-order valence-corrected chi connectivity index (χ0v) is 22.6. The molecule has 5 rings (SSSR count). The first kappa shape index (κ1) is 25.1. The Morgan fingerprint density at radius 2 is 1.86 bits per heavy atom. The maximum absolute atomic E-state index is 12.6. The molecule has 2 saturated heterocycles. The van der Waals surface area contributed by atoms with Crippen molar-refractivity contribution in [2.45, 2.75) is 52.9 Å². The Bertz CT molecular complexity index is 1320. The fourth-order valence-corrected chi connectivity index (χ4v) is 6.56. The van der Waals surface area contributed by atoms with Crippen LogP contribution in [0.4, 0.5) is 4.79 Å². The largest absolute Gasteiger partial charge is 0.327 e. The Labute approximate surface area is 220 Å². The first-order chi connectivity index (χ1) is 17.3. The number of rotatable bonds is 6. The number of amides is 3. The average Bonchev–Trinajstić information content (AvgIpc) is 3.37. The molecule has 4 heterocycles. The number of aryl methyl sites for hydroxylation is 1. The monoisotopic (exact) mass is 526 g/mol. The molecule has 36 heavy (non-hydrogen) atoms. The highest BCUT2D eigenvalue weighted by Crippen LogP contribution is 2.38. The number of nitrogens with zero attached hydrogens (tertiary/aromatic N) is 5. The quantitative estimate of drug-likeness (QED) is 0.483. The van der Waals surface area contributed by atoms with Gasteiger partial charge in [0.05, 0.1) is 22.5 Å². The molecule has 3 aromatic rings. The number of aromatic nitrogens is 2. The van der Waals surface area contributed by atoms with Crippen molar-refractivity contribution in [3.63, 3.8) is 0 Å². The molecule has 0 saturated carbocycles. The number of piperazine rings is 1. The molecule has 2 aliphatic heterocycles. The second-order valence-corrected chi connectivity index (χ2v) is 11.3. The van der Waals surface area contributed by atoms with Gasteiger partial charge < -0.3 is 10.2 Å². The molecule has 2 aliphatic rings. The molecule has 2 fully saturated rings. The molecule has 2 aromatic heterocycles. The van der Waals surface area contributed by atoms with Gasteiger partial charge in [-0.1, -0.05) is 11.6 Å². The molecular formula is C26H31ClN6O2S. The summed E-state index contributed by atoms with van der Waals surface area (Å²) in [6, 6.07) is 6.55. The van der Waals surface area contributed by atoms with Crippen LogP contribution in [0, 0.1) is 6.92 Å². The zero-order chi connectivity index (χ0) is 25.6. The van der Waals surface area contributed by atoms with E-state index in [-0.39, 0.29) is 25.0 Å². The van der Waals surface area contributed by atoms with E-state index in [2.05, 4.69) is 36.0 Å². The number of halogens is 1. The van der Waals surface area contributed by atoms with Crippen LogP contribution in [0.3, 0.4) is 0 Å². The second kappa shape index (κ2) is 10.0. The number of nitrogens with one attached hydrogen (secondary N) is 1. The van der Waals surface area contributed by atoms with Crippen LogP contribution in [0.2, 0.25) is 5.02 Å². The number of hydrogen-bond acceptors (Lipinski definition) is 7. The molecule has 0 unspecified atom stereocenters. The molecule has 190 valence electrons. The van der Waals surface area contributed by atoms with Crippen LogP contribution in [0.15, 0.2) is 24.5 Å². The van der Waals surface area contributed by atoms with Gasteiger partial charge in [0.15, 0.2) is 0 Å². The van der Waals surface area contributed by atoms with Crippen LogP contribution in [0.1, 0.15) is 36.8 Å². The van der Waals surface area contributed by atoms with Crippen molar-refractivity contribution in [3.05, 3.63) is 45.6 Å². The maximum atomic E-state index is 12.6. The molecule has 1 aromatic carbocycles. The number of thiophene rings is 1. The van der Waals surface area contributed by atoms with Crippen molar-refractivity contribution >= 4 is 45.1 Å². The predicted molar refractivity (Wildman–Crippen MR) is 143 cm³/mol. The van der Waals surface area contributed by atoms with Gasteiger partial charge in [0.2, 0.25) is 0 Å². The lowest BCUT2D eigenvalue weighted by Gasteiger charge is -2.40. The number of hydrogen-bond donors (Lipinski definition) is 1. The van der Waals surface area contributed by atoms with Crippen molar-refractivity contribution in [3.8, 4) is 11.3 Å². The Hall–Kier alpha value is -2.59. The topological polar surface area (TPSA) is 81.7 Å². The predicted octanol–water partition coefficient (Wildman–Crippen LogP) is 4.29. The van der Waals surface area contributed by atoms with Gasteiger partial charge in [-0.3, -0.25) is 14.6 Å². The minimum Gasteiger partial charge on any atom is -0.315 e. The van der Waals surface area contributed by atoms with E-state index in [1.165, 1.54) is 21.8 Å². The number of carbonyl (C=O) groups excluding carboxylic acids is 2. The van der Waals surface area contributed by atoms with Crippen LogP contribution in [0.5, 0.6) is 0 Å². The normalized spacial score (nSPS) is 21.2. The minimum atomic E-state index is -0.238. The van der Waals surface area contributed by atoms with Crippen molar-refractivity contribution in [2.75, 3.05) is 26.2 Å². The number of fused-ring (bicyclic) bond motifs is 1. The summed E-state index contributed by atoms with van der Waals surface area (Å²) in [6.45, 7) is 12.1. The summed E-state index contributed by atoms with van der Waals surface area (Å²) in [7, 11) is 0. The highest BCUT2D eigenvalue weighted by atomic mass is 35.5. The molecule has 0 aliphatic carbocycles. The molecule has 1 N–H and O–H groups in total. The van der Waals surface area contributed by atoms with Crippen LogP contribution in [0.25, 0.3) is 21.5 Å². The fraction of sp³-hybridized carbons (Fsp3) is 0.462. The highest BCUT2D eigenvalue weighted by molar-refractivity contribution is 7.19. The van der Waals surface area contributed by atoms with E-state index < -0.39 is 0 Å². The van der Waals surface area contributed by atoms with Gasteiger partial charge >= 0.3 is 6.03 Å². The summed E-state index contributed by atoms with van der Waals surface area (Å²) in [5, 5.41) is 4.17. The molecule has 3 amide bonds. The standard InChI is InChI=1S/C26H31ClN6O2S/c1-5-31-13-23(34)33(26(31)35)11-19-8-22-25(36-19)24(30-14-29-22)20-7-18(27)6-15(2)21(20)12-32-16(3)9-28-10-17(32)4/h6-8,14,16-17,28H,5,9-13H2,1-4H3/t16-,17-/m0/s1. The SMILES string of the molecule is CCN1CC(=O)N(Cc2cc3ncnc(-c4cc(Cl)cc(C)c4CN4[C@@H](C)CNC[C@@H]4C)c3s2)C1=O. The lowest BCUT2D eigenvalue weighted by atomic mass is 9.96. The number of benzene rings is 1. The van der Waals surface area contributed by atoms with Crippen LogP contribution in [-0.4, -0.2) is 74.9 Å². The molecule has 10 heteroatoms. The van der Waals surface area contributed by atoms with E-state index in [0.29, 0.717) is 23.7 Å². The highest BCUT2D eigenvalue weighted by Gasteiger charge is 2.35. The van der Waals surface area contributed by atoms with Crippen LogP contribution < -0.4 is 5.32 Å². The summed E-state index contributed by atoms with van der Waals surface area (Å²) in [5.74, 6) is -0.169. The second-order valence-electron chi connectivity index (χ2n) is 9.70. The number of carbonyl (C=O) groups is 2. The van der Waals surface area contributed by atoms with Gasteiger partial charge in [0, 0.05) is 53.7 Å². The maximum Gasteiger partial charge on any atom is 0.327 e. The van der Waals surface area contributed by atoms with Gasteiger partial charge in [0.25, 0.3) is 5.91 Å². The minimum absolute atomic E-state index is 0.138. The average molecular weight is 527 g/mol. The van der Waals surface area contributed by atoms with E-state index >= 15 is 0 Å². The fourth-order valence-electron chi connectivity index (χ4n) is 5.18.